The molecule has 0 radical (unpaired) electrons. The molecule has 0 spiro atoms. The minimum atomic E-state index is -0.721. The van der Waals surface area contributed by atoms with Gasteiger partial charge in [-0.2, -0.15) is 0 Å². The van der Waals surface area contributed by atoms with Gasteiger partial charge in [-0.15, -0.1) is 0 Å². The van der Waals surface area contributed by atoms with E-state index in [4.69, 9.17) is 23.9 Å². The molecule has 6 heterocycles. The summed E-state index contributed by atoms with van der Waals surface area (Å²) in [6.45, 7) is 13.0. The number of carbonyl (C=O) groups is 4. The summed E-state index contributed by atoms with van der Waals surface area (Å²) in [5.41, 5.74) is 9.22. The molecule has 65 heavy (non-hydrogen) atoms. The molecule has 4 aromatic heterocycles. The van der Waals surface area contributed by atoms with Crippen LogP contribution in [0.25, 0.3) is 66.5 Å². The third-order valence-electron chi connectivity index (χ3n) is 13.2. The van der Waals surface area contributed by atoms with Crippen LogP contribution in [0.5, 0.6) is 0 Å². The minimum absolute atomic E-state index is 0.126. The van der Waals surface area contributed by atoms with Crippen LogP contribution in [-0.4, -0.2) is 93.1 Å². The van der Waals surface area contributed by atoms with E-state index < -0.39 is 24.3 Å². The molecule has 0 aliphatic carbocycles. The number of imidazole rings is 2. The van der Waals surface area contributed by atoms with E-state index in [9.17, 15) is 19.2 Å². The molecule has 2 saturated heterocycles. The van der Waals surface area contributed by atoms with Crippen molar-refractivity contribution < 1.29 is 33.1 Å². The fourth-order valence-electron chi connectivity index (χ4n) is 9.89. The van der Waals surface area contributed by atoms with Gasteiger partial charge in [-0.3, -0.25) is 9.59 Å². The molecule has 4 N–H and O–H groups in total. The number of aromatic amines is 2. The molecule has 2 aliphatic heterocycles. The zero-order valence-electron chi connectivity index (χ0n) is 38.0. The van der Waals surface area contributed by atoms with Crippen molar-refractivity contribution >= 4 is 57.0 Å². The van der Waals surface area contributed by atoms with Crippen molar-refractivity contribution in [3.8, 4) is 33.5 Å². The highest BCUT2D eigenvalue weighted by atomic mass is 16.5. The Balaban J connectivity index is 0.969. The van der Waals surface area contributed by atoms with Gasteiger partial charge in [-0.25, -0.2) is 19.6 Å². The first-order valence-corrected chi connectivity index (χ1v) is 22.5. The van der Waals surface area contributed by atoms with Crippen molar-refractivity contribution in [1.29, 1.82) is 0 Å². The Morgan fingerprint density at radius 2 is 1.18 bits per heavy atom. The van der Waals surface area contributed by atoms with Crippen LogP contribution in [0.2, 0.25) is 0 Å². The van der Waals surface area contributed by atoms with E-state index >= 15 is 0 Å². The van der Waals surface area contributed by atoms with Crippen LogP contribution in [0.15, 0.2) is 77.3 Å². The number of aromatic nitrogens is 4. The van der Waals surface area contributed by atoms with Crippen molar-refractivity contribution in [2.75, 3.05) is 27.3 Å². The van der Waals surface area contributed by atoms with Gasteiger partial charge >= 0.3 is 12.2 Å². The second-order valence-electron chi connectivity index (χ2n) is 18.6. The summed E-state index contributed by atoms with van der Waals surface area (Å²) >= 11 is 0. The summed E-state index contributed by atoms with van der Waals surface area (Å²) in [5, 5.41) is 7.53. The van der Waals surface area contributed by atoms with Crippen molar-refractivity contribution in [1.82, 2.24) is 40.4 Å². The molecule has 6 atom stereocenters. The van der Waals surface area contributed by atoms with Gasteiger partial charge in [0.2, 0.25) is 11.8 Å². The van der Waals surface area contributed by atoms with Crippen molar-refractivity contribution in [2.24, 2.45) is 23.7 Å². The number of fused-ring (bicyclic) bond motifs is 6. The van der Waals surface area contributed by atoms with E-state index in [0.29, 0.717) is 18.9 Å². The fraction of sp³-hybridized carbons (Fsp3) is 0.400. The standard InChI is InChI=1S/C50H56N8O7/c1-25(2)43(55-49(61)63-7)47(59)57-23-27(5)19-37(57)45-51-22-36(54-45)30-11-9-29(10-12-30)32-14-15-33(42-40-18-17-39(65-40)41(32)42)31-13-16-34-35(21-31)53-46(52-34)38-20-28(6)24-58(38)48(60)44(26(3)4)56-50(62)64-8/h9-18,21-22,25-28,37-38,43-44H,19-20,23-24H2,1-8H3,(H,51,54)(H,52,53)(H,55,61)(H,56,62)/t27-,28-,37-,38-,43-,44-/m0/s1. The number of amides is 4. The van der Waals surface area contributed by atoms with E-state index in [1.54, 1.807) is 0 Å². The van der Waals surface area contributed by atoms with Crippen molar-refractivity contribution in [3.63, 3.8) is 0 Å². The largest absolute Gasteiger partial charge is 0.456 e. The summed E-state index contributed by atoms with van der Waals surface area (Å²) in [6, 6.07) is 20.9. The number of ether oxygens (including phenoxy) is 2. The smallest absolute Gasteiger partial charge is 0.407 e. The average Bonchev–Trinajstić information content (AvgIpc) is 4.17. The number of alkyl carbamates (subject to hydrolysis) is 2. The number of furan rings is 2. The lowest BCUT2D eigenvalue weighted by Gasteiger charge is -2.30. The maximum Gasteiger partial charge on any atom is 0.407 e. The zero-order valence-corrected chi connectivity index (χ0v) is 38.0. The van der Waals surface area contributed by atoms with Gasteiger partial charge < -0.3 is 44.3 Å². The van der Waals surface area contributed by atoms with Crippen LogP contribution >= 0.6 is 0 Å². The highest BCUT2D eigenvalue weighted by Crippen LogP contribution is 2.45. The normalized spacial score (nSPS) is 19.8. The molecular formula is C50H56N8O7. The van der Waals surface area contributed by atoms with Gasteiger partial charge in [-0.1, -0.05) is 84.0 Å². The van der Waals surface area contributed by atoms with E-state index in [1.165, 1.54) is 14.2 Å². The first kappa shape index (κ1) is 43.4. The number of rotatable bonds is 11. The van der Waals surface area contributed by atoms with Gasteiger partial charge in [0.1, 0.15) is 34.9 Å². The predicted molar refractivity (Wildman–Crippen MR) is 248 cm³/mol. The fourth-order valence-corrected chi connectivity index (χ4v) is 9.89. The van der Waals surface area contributed by atoms with E-state index in [-0.39, 0.29) is 47.6 Å². The maximum absolute atomic E-state index is 13.9. The lowest BCUT2D eigenvalue weighted by atomic mass is 9.91. The number of nitrogens with one attached hydrogen (secondary N) is 4. The average molecular weight is 881 g/mol. The molecule has 4 amide bonds. The number of H-pyrrole nitrogens is 2. The highest BCUT2D eigenvalue weighted by molar-refractivity contribution is 6.19. The number of hydrogen-bond acceptors (Lipinski definition) is 9. The third-order valence-corrected chi connectivity index (χ3v) is 13.2. The monoisotopic (exact) mass is 880 g/mol. The number of hydrogen-bond donors (Lipinski definition) is 4. The number of likely N-dealkylation sites (tertiary alicyclic amines) is 2. The summed E-state index contributed by atoms with van der Waals surface area (Å²) in [6.07, 6.45) is 2.06. The second-order valence-corrected chi connectivity index (χ2v) is 18.6. The van der Waals surface area contributed by atoms with Gasteiger partial charge in [0, 0.05) is 23.9 Å². The van der Waals surface area contributed by atoms with Crippen LogP contribution < -0.4 is 10.6 Å². The second kappa shape index (κ2) is 17.2. The Bertz CT molecular complexity index is 2900. The van der Waals surface area contributed by atoms with Crippen LogP contribution in [0, 0.1) is 23.7 Å². The molecule has 2 bridgehead atoms. The van der Waals surface area contributed by atoms with Gasteiger partial charge in [0.25, 0.3) is 0 Å². The van der Waals surface area contributed by atoms with Crippen LogP contribution in [-0.2, 0) is 19.1 Å². The van der Waals surface area contributed by atoms with E-state index in [1.807, 2.05) is 61.9 Å². The summed E-state index contributed by atoms with van der Waals surface area (Å²) in [5.74, 6) is 1.39. The molecule has 9 rings (SSSR count). The van der Waals surface area contributed by atoms with Crippen LogP contribution in [0.1, 0.15) is 78.1 Å². The molecule has 0 unspecified atom stereocenters. The number of carbonyl (C=O) groups excluding carboxylic acids is 4. The predicted octanol–water partition coefficient (Wildman–Crippen LogP) is 9.20. The Morgan fingerprint density at radius 1 is 0.677 bits per heavy atom. The van der Waals surface area contributed by atoms with Crippen LogP contribution in [0.4, 0.5) is 9.59 Å². The van der Waals surface area contributed by atoms with Crippen LogP contribution in [0.3, 0.4) is 0 Å². The number of benzene rings is 4. The number of methoxy groups -OCH3 is 2. The van der Waals surface area contributed by atoms with E-state index in [0.717, 1.165) is 85.1 Å². The molecule has 2 fully saturated rings. The van der Waals surface area contributed by atoms with Crippen molar-refractivity contribution in [2.45, 2.75) is 78.6 Å². The zero-order chi connectivity index (χ0) is 45.8. The van der Waals surface area contributed by atoms with Gasteiger partial charge in [-0.05, 0) is 88.6 Å². The highest BCUT2D eigenvalue weighted by Gasteiger charge is 2.42. The molecular weight excluding hydrogens is 825 g/mol. The topological polar surface area (TPSA) is 188 Å². The first-order valence-electron chi connectivity index (χ1n) is 22.5. The Hall–Kier alpha value is -6.90. The minimum Gasteiger partial charge on any atom is -0.456 e. The summed E-state index contributed by atoms with van der Waals surface area (Å²) < 4.78 is 16.0. The molecule has 0 saturated carbocycles. The number of nitrogens with zero attached hydrogens (tertiary/aromatic N) is 4. The lowest BCUT2D eigenvalue weighted by molar-refractivity contribution is -0.136. The van der Waals surface area contributed by atoms with Gasteiger partial charge in [0.05, 0.1) is 49.2 Å². The van der Waals surface area contributed by atoms with Crippen molar-refractivity contribution in [3.05, 3.63) is 84.6 Å². The molecule has 15 nitrogen and oxygen atoms in total. The Labute approximate surface area is 377 Å². The molecule has 15 heteroatoms. The third kappa shape index (κ3) is 8.01. The Morgan fingerprint density at radius 3 is 1.72 bits per heavy atom. The van der Waals surface area contributed by atoms with E-state index in [2.05, 4.69) is 83.0 Å². The molecule has 3 aromatic carbocycles. The molecule has 7 aromatic rings. The molecule has 338 valence electrons. The first-order chi connectivity index (χ1) is 31.2. The maximum atomic E-state index is 13.9. The lowest BCUT2D eigenvalue weighted by Crippen LogP contribution is -2.51. The SMILES string of the molecule is COC(=O)N[C@H](C(=O)N1C[C@@H](C)C[C@H]1c1ncc(-c2ccc(-c3ccc(-c4ccc5nc([C@@H]6C[C@H](C)CN6C(=O)[C@@H](NC(=O)OC)C(C)C)[nH]c5c4)c4c5ccc(o5)c34)cc2)[nH]1)C(C)C. The quantitative estimate of drug-likeness (QED) is 0.0982. The van der Waals surface area contributed by atoms with Gasteiger partial charge in [0.15, 0.2) is 0 Å². The summed E-state index contributed by atoms with van der Waals surface area (Å²) in [4.78, 5) is 72.5. The summed E-state index contributed by atoms with van der Waals surface area (Å²) in [7, 11) is 2.59. The Kier molecular flexibility index (Phi) is 11.5. The molecule has 2 aliphatic rings.